The van der Waals surface area contributed by atoms with Crippen LogP contribution >= 0.6 is 22.6 Å². The van der Waals surface area contributed by atoms with Gasteiger partial charge in [0.25, 0.3) is 0 Å². The van der Waals surface area contributed by atoms with Crippen LogP contribution in [0, 0.1) is 17.8 Å². The average molecular weight is 931 g/mol. The third-order valence-electron chi connectivity index (χ3n) is 9.22. The second-order valence-electron chi connectivity index (χ2n) is 15.1. The molecule has 1 aliphatic heterocycles. The van der Waals surface area contributed by atoms with Crippen LogP contribution in [-0.4, -0.2) is 125 Å². The van der Waals surface area contributed by atoms with E-state index in [1.54, 1.807) is 52.0 Å². The first-order valence-electron chi connectivity index (χ1n) is 19.0. The molecule has 2 rings (SSSR count). The fraction of sp³-hybridized carbons (Fsp3) is 0.632. The van der Waals surface area contributed by atoms with Gasteiger partial charge in [-0.05, 0) is 42.4 Å². The van der Waals surface area contributed by atoms with Crippen molar-refractivity contribution < 1.29 is 52.6 Å². The number of alkyl halides is 1. The van der Waals surface area contributed by atoms with Crippen LogP contribution in [0.1, 0.15) is 66.4 Å². The summed E-state index contributed by atoms with van der Waals surface area (Å²) in [5.41, 5.74) is 11.6. The number of nitrogens with two attached hydrogens (primary N) is 2. The molecule has 1 aromatic rings. The lowest BCUT2D eigenvalue weighted by atomic mass is 9.94. The Morgan fingerprint density at radius 3 is 2.12 bits per heavy atom. The molecule has 1 saturated heterocycles. The number of carbonyl (C=O) groups excluding carboxylic acids is 8. The van der Waals surface area contributed by atoms with Gasteiger partial charge in [0.15, 0.2) is 0 Å². The summed E-state index contributed by atoms with van der Waals surface area (Å²) in [7, 11) is 1.43. The van der Waals surface area contributed by atoms with Crippen molar-refractivity contribution in [1.82, 2.24) is 25.8 Å². The number of imide groups is 1. The van der Waals surface area contributed by atoms with E-state index in [2.05, 4.69) is 43.9 Å². The molecule has 0 bridgehead atoms. The fourth-order valence-corrected chi connectivity index (χ4v) is 6.52. The van der Waals surface area contributed by atoms with Crippen molar-refractivity contribution in [3.05, 3.63) is 29.8 Å². The lowest BCUT2D eigenvalue weighted by Crippen LogP contribution is -2.55. The van der Waals surface area contributed by atoms with Gasteiger partial charge in [-0.25, -0.2) is 9.59 Å². The minimum atomic E-state index is -1.07. The molecule has 324 valence electrons. The highest BCUT2D eigenvalue weighted by Crippen LogP contribution is 2.35. The molecule has 4 atom stereocenters. The van der Waals surface area contributed by atoms with Gasteiger partial charge in [-0.3, -0.25) is 38.6 Å². The van der Waals surface area contributed by atoms with Crippen LogP contribution < -0.4 is 32.7 Å². The van der Waals surface area contributed by atoms with Crippen molar-refractivity contribution in [2.45, 2.75) is 89.0 Å². The van der Waals surface area contributed by atoms with E-state index in [1.165, 1.54) is 11.9 Å². The van der Waals surface area contributed by atoms with E-state index in [0.29, 0.717) is 11.3 Å². The van der Waals surface area contributed by atoms with Gasteiger partial charge in [0.2, 0.25) is 35.4 Å². The number of anilines is 1. The number of ether oxygens (including phenoxy) is 3. The molecule has 0 radical (unpaired) electrons. The number of benzene rings is 1. The second-order valence-corrected chi connectivity index (χ2v) is 17.9. The van der Waals surface area contributed by atoms with Crippen molar-refractivity contribution >= 4 is 75.8 Å². The summed E-state index contributed by atoms with van der Waals surface area (Å²) in [4.78, 5) is 102. The van der Waals surface area contributed by atoms with E-state index >= 15 is 0 Å². The van der Waals surface area contributed by atoms with Crippen LogP contribution in [0.5, 0.6) is 0 Å². The van der Waals surface area contributed by atoms with Crippen molar-refractivity contribution in [3.8, 4) is 0 Å². The Morgan fingerprint density at radius 2 is 1.57 bits per heavy atom. The topological polar surface area (TPSA) is 271 Å². The highest BCUT2D eigenvalue weighted by molar-refractivity contribution is 14.1. The first kappa shape index (κ1) is 49.6. The molecule has 1 aromatic carbocycles. The van der Waals surface area contributed by atoms with E-state index < -0.39 is 53.9 Å². The molecule has 19 nitrogen and oxygen atoms in total. The lowest BCUT2D eigenvalue weighted by molar-refractivity contribution is -0.140. The van der Waals surface area contributed by atoms with Crippen LogP contribution in [0.25, 0.3) is 0 Å². The monoisotopic (exact) mass is 930 g/mol. The normalized spacial score (nSPS) is 15.8. The first-order valence-corrected chi connectivity index (χ1v) is 20.1. The van der Waals surface area contributed by atoms with Crippen molar-refractivity contribution in [3.63, 3.8) is 0 Å². The van der Waals surface area contributed by atoms with Crippen molar-refractivity contribution in [2.24, 2.45) is 29.2 Å². The van der Waals surface area contributed by atoms with Gasteiger partial charge in [-0.2, -0.15) is 0 Å². The summed E-state index contributed by atoms with van der Waals surface area (Å²) < 4.78 is 15.9. The number of hydrogen-bond donors (Lipinski definition) is 6. The summed E-state index contributed by atoms with van der Waals surface area (Å²) in [6.07, 6.45) is -0.167. The number of nitrogens with one attached hydrogen (secondary N) is 4. The number of rotatable bonds is 24. The Labute approximate surface area is 352 Å². The Balaban J connectivity index is 1.91. The molecule has 1 fully saturated rings. The molecular weight excluding hydrogens is 871 g/mol. The molecule has 0 saturated carbocycles. The number of amides is 9. The molecule has 0 spiro atoms. The van der Waals surface area contributed by atoms with E-state index in [1.807, 2.05) is 13.8 Å². The number of halogens is 1. The number of nitrogens with zero attached hydrogens (tertiary/aromatic N) is 2. The fourth-order valence-electron chi connectivity index (χ4n) is 6.03. The third kappa shape index (κ3) is 16.4. The largest absolute Gasteiger partial charge is 0.445 e. The highest BCUT2D eigenvalue weighted by Gasteiger charge is 2.45. The van der Waals surface area contributed by atoms with E-state index in [9.17, 15) is 38.4 Å². The highest BCUT2D eigenvalue weighted by atomic mass is 127. The van der Waals surface area contributed by atoms with Gasteiger partial charge in [0, 0.05) is 29.1 Å². The Morgan fingerprint density at radius 1 is 0.931 bits per heavy atom. The van der Waals surface area contributed by atoms with Crippen LogP contribution in [0.15, 0.2) is 24.3 Å². The summed E-state index contributed by atoms with van der Waals surface area (Å²) in [5, 5.41) is 10.5. The van der Waals surface area contributed by atoms with Crippen LogP contribution in [0.4, 0.5) is 15.3 Å². The number of likely N-dealkylation sites (N-methyl/N-ethyl adjacent to an activating group) is 1. The molecule has 1 heterocycles. The number of urea groups is 1. The average Bonchev–Trinajstić information content (AvgIpc) is 3.42. The van der Waals surface area contributed by atoms with Crippen LogP contribution in [-0.2, 0) is 49.6 Å². The van der Waals surface area contributed by atoms with Gasteiger partial charge >= 0.3 is 12.1 Å². The Kier molecular flexibility index (Phi) is 20.3. The zero-order valence-electron chi connectivity index (χ0n) is 34.3. The van der Waals surface area contributed by atoms with Crippen LogP contribution in [0.2, 0.25) is 0 Å². The Hall–Kier alpha value is -4.57. The second kappa shape index (κ2) is 23.7. The number of hydrogen-bond acceptors (Lipinski definition) is 11. The van der Waals surface area contributed by atoms with E-state index in [-0.39, 0.29) is 98.4 Å². The number of carbonyl (C=O) groups is 8. The van der Waals surface area contributed by atoms with E-state index in [4.69, 9.17) is 25.7 Å². The molecule has 9 amide bonds. The van der Waals surface area contributed by atoms with Crippen molar-refractivity contribution in [2.75, 3.05) is 51.9 Å². The maximum Gasteiger partial charge on any atom is 0.410 e. The third-order valence-corrected chi connectivity index (χ3v) is 9.97. The van der Waals surface area contributed by atoms with Gasteiger partial charge < -0.3 is 46.9 Å². The quantitative estimate of drug-likeness (QED) is 0.0373. The molecule has 1 aliphatic rings. The first-order chi connectivity index (χ1) is 27.1. The molecule has 0 aliphatic carbocycles. The smallest absolute Gasteiger partial charge is 0.410 e. The maximum atomic E-state index is 13.5. The molecule has 8 N–H and O–H groups in total. The van der Waals surface area contributed by atoms with E-state index in [0.717, 1.165) is 4.90 Å². The van der Waals surface area contributed by atoms with Gasteiger partial charge in [0.1, 0.15) is 31.3 Å². The van der Waals surface area contributed by atoms with Gasteiger partial charge in [0.05, 0.1) is 32.3 Å². The Bertz CT molecular complexity index is 1600. The predicted octanol–water partition coefficient (Wildman–Crippen LogP) is 1.40. The molecular formula is C38H59IN8O11. The summed E-state index contributed by atoms with van der Waals surface area (Å²) in [6.45, 7) is 10.8. The molecule has 0 aromatic heterocycles. The minimum Gasteiger partial charge on any atom is -0.445 e. The molecule has 1 unspecified atom stereocenters. The SMILES string of the molecule is CC(C)[C@H](NC(=O)COCCOCCN1C(=O)CC(C(C)(C)I)C1=O)C(=O)N[C@@H](CCCNC(N)=O)C(=O)Nc1ccc(COC(=O)N(C)[C@H](C(N)=O)C(C)C)cc1. The zero-order valence-corrected chi connectivity index (χ0v) is 36.4. The number of primary amides is 2. The maximum absolute atomic E-state index is 13.5. The summed E-state index contributed by atoms with van der Waals surface area (Å²) >= 11 is 2.17. The molecule has 58 heavy (non-hydrogen) atoms. The predicted molar refractivity (Wildman–Crippen MR) is 221 cm³/mol. The van der Waals surface area contributed by atoms with Crippen molar-refractivity contribution in [1.29, 1.82) is 0 Å². The zero-order chi connectivity index (χ0) is 43.7. The minimum absolute atomic E-state index is 0.0397. The summed E-state index contributed by atoms with van der Waals surface area (Å²) in [5.74, 6) is -3.84. The van der Waals surface area contributed by atoms with Gasteiger partial charge in [-0.1, -0.05) is 76.3 Å². The summed E-state index contributed by atoms with van der Waals surface area (Å²) in [6, 6.07) is 2.73. The molecule has 20 heteroatoms. The van der Waals surface area contributed by atoms with Crippen LogP contribution in [0.3, 0.4) is 0 Å². The standard InChI is InChI=1S/C38H59IN8O11/c1-22(2)30(45-28(48)21-57-18-17-56-16-15-47-29(49)19-26(35(47)53)38(5,6)39)34(52)44-27(9-8-14-42-36(41)54)33(51)43-25-12-10-24(11-13-25)20-58-37(55)46(7)31(23(3)4)32(40)50/h10-13,22-23,26-27,30-31H,8-9,14-21H2,1-7H3,(H2,40,50)(H,43,51)(H,44,52)(H,45,48)(H3,41,42,54)/t26?,27-,30-,31-/m0/s1. The number of likely N-dealkylation sites (tertiary alicyclic amines) is 1. The lowest BCUT2D eigenvalue weighted by Gasteiger charge is -2.27. The van der Waals surface area contributed by atoms with Gasteiger partial charge in [-0.15, -0.1) is 0 Å².